The minimum atomic E-state index is 0.106. The van der Waals surface area contributed by atoms with E-state index in [1.54, 1.807) is 24.3 Å². The highest BCUT2D eigenvalue weighted by Gasteiger charge is 1.91. The van der Waals surface area contributed by atoms with E-state index in [2.05, 4.69) is 13.8 Å². The van der Waals surface area contributed by atoms with Crippen LogP contribution in [0.3, 0.4) is 0 Å². The highest BCUT2D eigenvalue weighted by atomic mass is 16.1. The lowest BCUT2D eigenvalue weighted by Crippen LogP contribution is -1.86. The molecule has 0 saturated heterocycles. The van der Waals surface area contributed by atoms with E-state index in [0.29, 0.717) is 12.0 Å². The molecule has 0 N–H and O–H groups in total. The van der Waals surface area contributed by atoms with Crippen LogP contribution in [0, 0.1) is 11.3 Å². The third kappa shape index (κ3) is 7.08. The minimum Gasteiger partial charge on any atom is -0.295 e. The van der Waals surface area contributed by atoms with Crippen molar-refractivity contribution in [3.05, 3.63) is 41.5 Å². The number of ketones is 1. The van der Waals surface area contributed by atoms with Crippen LogP contribution in [0.4, 0.5) is 0 Å². The Labute approximate surface area is 104 Å². The van der Waals surface area contributed by atoms with Crippen LogP contribution in [0.15, 0.2) is 30.3 Å². The van der Waals surface area contributed by atoms with Gasteiger partial charge < -0.3 is 0 Å². The van der Waals surface area contributed by atoms with Gasteiger partial charge in [0.15, 0.2) is 5.78 Å². The number of rotatable bonds is 3. The second-order valence-electron chi connectivity index (χ2n) is 3.59. The van der Waals surface area contributed by atoms with E-state index in [4.69, 9.17) is 5.26 Å². The number of nitriles is 1. The fourth-order valence-corrected chi connectivity index (χ4v) is 0.976. The van der Waals surface area contributed by atoms with Gasteiger partial charge in [-0.25, -0.2) is 0 Å². The van der Waals surface area contributed by atoms with Crippen molar-refractivity contribution in [3.8, 4) is 6.07 Å². The summed E-state index contributed by atoms with van der Waals surface area (Å²) in [6.07, 6.45) is 5.08. The maximum absolute atomic E-state index is 11.0. The van der Waals surface area contributed by atoms with Crippen LogP contribution in [-0.2, 0) is 4.79 Å². The monoisotopic (exact) mass is 229 g/mol. The van der Waals surface area contributed by atoms with Crippen molar-refractivity contribution < 1.29 is 4.79 Å². The Balaban J connectivity index is 0.000000770. The third-order valence-electron chi connectivity index (χ3n) is 1.85. The van der Waals surface area contributed by atoms with Crippen molar-refractivity contribution in [3.63, 3.8) is 0 Å². The first-order valence-electron chi connectivity index (χ1n) is 5.88. The predicted octanol–water partition coefficient (Wildman–Crippen LogP) is 3.97. The maximum atomic E-state index is 11.0. The van der Waals surface area contributed by atoms with E-state index in [1.165, 1.54) is 6.42 Å². The molecule has 90 valence electrons. The molecule has 2 heteroatoms. The SMILES string of the molecule is CCC.CCC(=O)/C=C/c1ccc(C#N)cc1. The molecule has 0 amide bonds. The van der Waals surface area contributed by atoms with Crippen LogP contribution >= 0.6 is 0 Å². The summed E-state index contributed by atoms with van der Waals surface area (Å²) in [7, 11) is 0. The minimum absolute atomic E-state index is 0.106. The molecule has 0 aliphatic heterocycles. The van der Waals surface area contributed by atoms with Gasteiger partial charge >= 0.3 is 0 Å². The van der Waals surface area contributed by atoms with Crippen molar-refractivity contribution in [2.75, 3.05) is 0 Å². The zero-order chi connectivity index (χ0) is 13.1. The van der Waals surface area contributed by atoms with Crippen molar-refractivity contribution in [2.24, 2.45) is 0 Å². The molecule has 0 fully saturated rings. The standard InChI is InChI=1S/C12H11NO.C3H8/c1-2-12(14)8-7-10-3-5-11(9-13)6-4-10;1-3-2/h3-8H,2H2,1H3;3H2,1-2H3/b8-7+;. The number of hydrogen-bond acceptors (Lipinski definition) is 2. The highest BCUT2D eigenvalue weighted by molar-refractivity contribution is 5.93. The number of carbonyl (C=O) groups is 1. The number of hydrogen-bond donors (Lipinski definition) is 0. The zero-order valence-electron chi connectivity index (χ0n) is 10.7. The van der Waals surface area contributed by atoms with Crippen molar-refractivity contribution in [1.82, 2.24) is 0 Å². The first-order chi connectivity index (χ1) is 8.17. The average molecular weight is 229 g/mol. The summed E-state index contributed by atoms with van der Waals surface area (Å²) in [4.78, 5) is 11.0. The largest absolute Gasteiger partial charge is 0.295 e. The van der Waals surface area contributed by atoms with Gasteiger partial charge in [-0.3, -0.25) is 4.79 Å². The van der Waals surface area contributed by atoms with Crippen LogP contribution in [0.1, 0.15) is 44.7 Å². The molecule has 0 aromatic heterocycles. The van der Waals surface area contributed by atoms with Crippen LogP contribution in [0.2, 0.25) is 0 Å². The lowest BCUT2D eigenvalue weighted by atomic mass is 10.1. The fraction of sp³-hybridized carbons (Fsp3) is 0.333. The summed E-state index contributed by atoms with van der Waals surface area (Å²) in [6, 6.07) is 9.14. The average Bonchev–Trinajstić information content (AvgIpc) is 2.37. The molecule has 1 rings (SSSR count). The van der Waals surface area contributed by atoms with E-state index < -0.39 is 0 Å². The van der Waals surface area contributed by atoms with E-state index in [0.717, 1.165) is 5.56 Å². The second kappa shape index (κ2) is 9.35. The van der Waals surface area contributed by atoms with Crippen LogP contribution < -0.4 is 0 Å². The Morgan fingerprint density at radius 3 is 2.18 bits per heavy atom. The molecule has 0 aliphatic rings. The smallest absolute Gasteiger partial charge is 0.155 e. The Morgan fingerprint density at radius 1 is 1.24 bits per heavy atom. The van der Waals surface area contributed by atoms with Gasteiger partial charge in [0.05, 0.1) is 11.6 Å². The Bertz CT molecular complexity index is 396. The van der Waals surface area contributed by atoms with Gasteiger partial charge in [-0.2, -0.15) is 5.26 Å². The molecule has 0 heterocycles. The number of allylic oxidation sites excluding steroid dienone is 1. The molecule has 0 atom stereocenters. The summed E-state index contributed by atoms with van der Waals surface area (Å²) >= 11 is 0. The highest BCUT2D eigenvalue weighted by Crippen LogP contribution is 2.05. The Morgan fingerprint density at radius 2 is 1.76 bits per heavy atom. The summed E-state index contributed by atoms with van der Waals surface area (Å²) in [5.74, 6) is 0.106. The maximum Gasteiger partial charge on any atom is 0.155 e. The summed E-state index contributed by atoms with van der Waals surface area (Å²) in [5, 5.41) is 8.56. The van der Waals surface area contributed by atoms with Gasteiger partial charge in [-0.15, -0.1) is 0 Å². The Hall–Kier alpha value is -1.88. The van der Waals surface area contributed by atoms with Gasteiger partial charge in [0.25, 0.3) is 0 Å². The molecule has 0 spiro atoms. The molecule has 0 saturated carbocycles. The van der Waals surface area contributed by atoms with Gasteiger partial charge in [-0.1, -0.05) is 45.4 Å². The summed E-state index contributed by atoms with van der Waals surface area (Å²) in [5.41, 5.74) is 1.56. The number of carbonyl (C=O) groups excluding carboxylic acids is 1. The van der Waals surface area contributed by atoms with Crippen molar-refractivity contribution in [2.45, 2.75) is 33.6 Å². The van der Waals surface area contributed by atoms with Gasteiger partial charge in [-0.05, 0) is 23.8 Å². The van der Waals surface area contributed by atoms with E-state index >= 15 is 0 Å². The molecule has 1 aromatic carbocycles. The molecule has 0 unspecified atom stereocenters. The lowest BCUT2D eigenvalue weighted by Gasteiger charge is -1.92. The molecular formula is C15H19NO. The molecule has 0 radical (unpaired) electrons. The van der Waals surface area contributed by atoms with Gasteiger partial charge in [0.1, 0.15) is 0 Å². The first-order valence-corrected chi connectivity index (χ1v) is 5.88. The normalized spacial score (nSPS) is 9.29. The molecule has 2 nitrogen and oxygen atoms in total. The van der Waals surface area contributed by atoms with Crippen molar-refractivity contribution in [1.29, 1.82) is 5.26 Å². The topological polar surface area (TPSA) is 40.9 Å². The van der Waals surface area contributed by atoms with E-state index in [9.17, 15) is 4.79 Å². The van der Waals surface area contributed by atoms with Gasteiger partial charge in [0, 0.05) is 6.42 Å². The summed E-state index contributed by atoms with van der Waals surface area (Å²) < 4.78 is 0. The number of nitrogens with zero attached hydrogens (tertiary/aromatic N) is 1. The van der Waals surface area contributed by atoms with Crippen molar-refractivity contribution >= 4 is 11.9 Å². The summed E-state index contributed by atoms with van der Waals surface area (Å²) in [6.45, 7) is 6.07. The van der Waals surface area contributed by atoms with Crippen LogP contribution in [0.25, 0.3) is 6.08 Å². The third-order valence-corrected chi connectivity index (χ3v) is 1.85. The first kappa shape index (κ1) is 15.1. The molecular weight excluding hydrogens is 210 g/mol. The van der Waals surface area contributed by atoms with Crippen LogP contribution in [0.5, 0.6) is 0 Å². The predicted molar refractivity (Wildman–Crippen MR) is 71.5 cm³/mol. The Kier molecular flexibility index (Phi) is 8.32. The quantitative estimate of drug-likeness (QED) is 0.736. The number of benzene rings is 1. The zero-order valence-corrected chi connectivity index (χ0v) is 10.7. The fourth-order valence-electron chi connectivity index (χ4n) is 0.976. The van der Waals surface area contributed by atoms with E-state index in [-0.39, 0.29) is 5.78 Å². The van der Waals surface area contributed by atoms with Gasteiger partial charge in [0.2, 0.25) is 0 Å². The molecule has 1 aromatic rings. The molecule has 0 aliphatic carbocycles. The lowest BCUT2D eigenvalue weighted by molar-refractivity contribution is -0.114. The molecule has 0 bridgehead atoms. The van der Waals surface area contributed by atoms with Crippen LogP contribution in [-0.4, -0.2) is 5.78 Å². The van der Waals surface area contributed by atoms with E-state index in [1.807, 2.05) is 25.1 Å². The molecule has 17 heavy (non-hydrogen) atoms. The second-order valence-corrected chi connectivity index (χ2v) is 3.59.